The Morgan fingerprint density at radius 3 is 2.94 bits per heavy atom. The van der Waals surface area contributed by atoms with Gasteiger partial charge in [0.05, 0.1) is 13.0 Å². The Kier molecular flexibility index (Phi) is 3.10. The van der Waals surface area contributed by atoms with Crippen molar-refractivity contribution in [2.75, 3.05) is 20.2 Å². The first-order valence-electron chi connectivity index (χ1n) is 5.27. The number of ether oxygens (including phenoxy) is 1. The van der Waals surface area contributed by atoms with Crippen LogP contribution in [0.4, 0.5) is 0 Å². The lowest BCUT2D eigenvalue weighted by molar-refractivity contribution is -0.147. The van der Waals surface area contributed by atoms with Gasteiger partial charge in [-0.05, 0) is 17.7 Å². The molecule has 16 heavy (non-hydrogen) atoms. The Labute approximate surface area is 94.4 Å². The number of nitrogens with zero attached hydrogens (tertiary/aromatic N) is 1. The second-order valence-corrected chi connectivity index (χ2v) is 4.08. The Hall–Kier alpha value is -1.55. The quantitative estimate of drug-likeness (QED) is 0.830. The van der Waals surface area contributed by atoms with Gasteiger partial charge in [-0.3, -0.25) is 9.69 Å². The fourth-order valence-electron chi connectivity index (χ4n) is 1.88. The van der Waals surface area contributed by atoms with E-state index in [1.165, 1.54) is 0 Å². The third-order valence-corrected chi connectivity index (χ3v) is 2.85. The lowest BCUT2D eigenvalue weighted by Crippen LogP contribution is -2.49. The van der Waals surface area contributed by atoms with Crippen LogP contribution in [0.1, 0.15) is 5.56 Å². The van der Waals surface area contributed by atoms with Gasteiger partial charge in [-0.2, -0.15) is 0 Å². The summed E-state index contributed by atoms with van der Waals surface area (Å²) in [6.45, 7) is 2.08. The molecule has 0 bridgehead atoms. The molecule has 1 N–H and O–H groups in total. The Morgan fingerprint density at radius 2 is 2.31 bits per heavy atom. The molecule has 4 heteroatoms. The molecular formula is C12H15NO3. The SMILES string of the molecule is COc1cccc(CN2CC(C(=O)O)C2)c1. The molecule has 0 unspecified atom stereocenters. The van der Waals surface area contributed by atoms with E-state index in [9.17, 15) is 4.79 Å². The average Bonchev–Trinajstić information content (AvgIpc) is 2.22. The zero-order valence-corrected chi connectivity index (χ0v) is 9.22. The zero-order valence-electron chi connectivity index (χ0n) is 9.22. The van der Waals surface area contributed by atoms with Crippen molar-refractivity contribution in [1.82, 2.24) is 4.90 Å². The van der Waals surface area contributed by atoms with Gasteiger partial charge in [0.2, 0.25) is 0 Å². The molecule has 1 aliphatic heterocycles. The molecule has 1 fully saturated rings. The summed E-state index contributed by atoms with van der Waals surface area (Å²) < 4.78 is 5.13. The fraction of sp³-hybridized carbons (Fsp3) is 0.417. The number of carboxylic acid groups (broad SMARTS) is 1. The number of rotatable bonds is 4. The molecule has 2 rings (SSSR count). The van der Waals surface area contributed by atoms with Crippen LogP contribution in [0.25, 0.3) is 0 Å². The summed E-state index contributed by atoms with van der Waals surface area (Å²) in [7, 11) is 1.64. The van der Waals surface area contributed by atoms with Gasteiger partial charge in [0.15, 0.2) is 0 Å². The third kappa shape index (κ3) is 2.33. The van der Waals surface area contributed by atoms with Crippen LogP contribution in [0.15, 0.2) is 24.3 Å². The predicted molar refractivity (Wildman–Crippen MR) is 59.4 cm³/mol. The van der Waals surface area contributed by atoms with Gasteiger partial charge in [0, 0.05) is 19.6 Å². The number of methoxy groups -OCH3 is 1. The molecule has 0 saturated carbocycles. The molecule has 0 amide bonds. The molecule has 0 radical (unpaired) electrons. The van der Waals surface area contributed by atoms with Crippen molar-refractivity contribution in [2.24, 2.45) is 5.92 Å². The van der Waals surface area contributed by atoms with Crippen molar-refractivity contribution in [2.45, 2.75) is 6.54 Å². The van der Waals surface area contributed by atoms with Gasteiger partial charge in [-0.15, -0.1) is 0 Å². The molecule has 0 spiro atoms. The summed E-state index contributed by atoms with van der Waals surface area (Å²) in [4.78, 5) is 12.8. The number of likely N-dealkylation sites (tertiary alicyclic amines) is 1. The van der Waals surface area contributed by atoms with Crippen molar-refractivity contribution in [3.05, 3.63) is 29.8 Å². The maximum absolute atomic E-state index is 10.6. The molecule has 0 aliphatic carbocycles. The first kappa shape index (κ1) is 11.0. The number of carboxylic acids is 1. The van der Waals surface area contributed by atoms with Crippen molar-refractivity contribution in [3.8, 4) is 5.75 Å². The highest BCUT2D eigenvalue weighted by atomic mass is 16.5. The number of hydrogen-bond donors (Lipinski definition) is 1. The topological polar surface area (TPSA) is 49.8 Å². The van der Waals surface area contributed by atoms with E-state index in [2.05, 4.69) is 4.90 Å². The van der Waals surface area contributed by atoms with E-state index in [1.807, 2.05) is 24.3 Å². The fourth-order valence-corrected chi connectivity index (χ4v) is 1.88. The summed E-state index contributed by atoms with van der Waals surface area (Å²) in [5, 5.41) is 8.75. The Morgan fingerprint density at radius 1 is 1.56 bits per heavy atom. The molecule has 0 aromatic heterocycles. The maximum Gasteiger partial charge on any atom is 0.309 e. The van der Waals surface area contributed by atoms with Gasteiger partial charge in [-0.1, -0.05) is 12.1 Å². The van der Waals surface area contributed by atoms with E-state index in [0.717, 1.165) is 17.9 Å². The van der Waals surface area contributed by atoms with Gasteiger partial charge >= 0.3 is 5.97 Å². The molecule has 86 valence electrons. The van der Waals surface area contributed by atoms with Crippen molar-refractivity contribution < 1.29 is 14.6 Å². The molecule has 1 aliphatic rings. The normalized spacial score (nSPS) is 16.8. The second-order valence-electron chi connectivity index (χ2n) is 4.08. The summed E-state index contributed by atoms with van der Waals surface area (Å²) in [5.74, 6) is -0.0414. The van der Waals surface area contributed by atoms with E-state index in [4.69, 9.17) is 9.84 Å². The van der Waals surface area contributed by atoms with Crippen LogP contribution in [0.3, 0.4) is 0 Å². The molecule has 4 nitrogen and oxygen atoms in total. The Balaban J connectivity index is 1.89. The lowest BCUT2D eigenvalue weighted by atomic mass is 9.99. The number of benzene rings is 1. The first-order valence-corrected chi connectivity index (χ1v) is 5.27. The highest BCUT2D eigenvalue weighted by Gasteiger charge is 2.32. The van der Waals surface area contributed by atoms with Crippen LogP contribution in [-0.2, 0) is 11.3 Å². The van der Waals surface area contributed by atoms with Crippen LogP contribution in [-0.4, -0.2) is 36.2 Å². The van der Waals surface area contributed by atoms with E-state index in [1.54, 1.807) is 7.11 Å². The zero-order chi connectivity index (χ0) is 11.5. The van der Waals surface area contributed by atoms with E-state index < -0.39 is 5.97 Å². The molecule has 0 atom stereocenters. The summed E-state index contributed by atoms with van der Waals surface area (Å²) in [6, 6.07) is 7.85. The molecule has 1 aromatic rings. The highest BCUT2D eigenvalue weighted by molar-refractivity contribution is 5.71. The summed E-state index contributed by atoms with van der Waals surface area (Å²) >= 11 is 0. The van der Waals surface area contributed by atoms with E-state index >= 15 is 0 Å². The highest BCUT2D eigenvalue weighted by Crippen LogP contribution is 2.20. The minimum Gasteiger partial charge on any atom is -0.497 e. The van der Waals surface area contributed by atoms with Gasteiger partial charge < -0.3 is 9.84 Å². The van der Waals surface area contributed by atoms with Crippen molar-refractivity contribution in [1.29, 1.82) is 0 Å². The van der Waals surface area contributed by atoms with Gasteiger partial charge in [0.25, 0.3) is 0 Å². The van der Waals surface area contributed by atoms with Crippen molar-refractivity contribution >= 4 is 5.97 Å². The van der Waals surface area contributed by atoms with Crippen LogP contribution in [0, 0.1) is 5.92 Å². The summed E-state index contributed by atoms with van der Waals surface area (Å²) in [6.07, 6.45) is 0. The van der Waals surface area contributed by atoms with Gasteiger partial charge in [0.1, 0.15) is 5.75 Å². The average molecular weight is 221 g/mol. The minimum atomic E-state index is -0.693. The molecule has 1 heterocycles. The predicted octanol–water partition coefficient (Wildman–Crippen LogP) is 1.21. The second kappa shape index (κ2) is 4.53. The smallest absolute Gasteiger partial charge is 0.309 e. The molecule has 1 aromatic carbocycles. The van der Waals surface area contributed by atoms with E-state index in [0.29, 0.717) is 13.1 Å². The van der Waals surface area contributed by atoms with Crippen molar-refractivity contribution in [3.63, 3.8) is 0 Å². The van der Waals surface area contributed by atoms with Gasteiger partial charge in [-0.25, -0.2) is 0 Å². The standard InChI is InChI=1S/C12H15NO3/c1-16-11-4-2-3-9(5-11)6-13-7-10(8-13)12(14)15/h2-5,10H,6-8H2,1H3,(H,14,15). The maximum atomic E-state index is 10.6. The number of hydrogen-bond acceptors (Lipinski definition) is 3. The van der Waals surface area contributed by atoms with Crippen LogP contribution in [0.2, 0.25) is 0 Å². The monoisotopic (exact) mass is 221 g/mol. The van der Waals surface area contributed by atoms with E-state index in [-0.39, 0.29) is 5.92 Å². The van der Waals surface area contributed by atoms with Crippen LogP contribution in [0.5, 0.6) is 5.75 Å². The van der Waals surface area contributed by atoms with Crippen LogP contribution < -0.4 is 4.74 Å². The molecular weight excluding hydrogens is 206 g/mol. The Bertz CT molecular complexity index is 386. The number of carbonyl (C=O) groups is 1. The lowest BCUT2D eigenvalue weighted by Gasteiger charge is -2.36. The van der Waals surface area contributed by atoms with Crippen LogP contribution >= 0.6 is 0 Å². The number of aliphatic carboxylic acids is 1. The summed E-state index contributed by atoms with van der Waals surface area (Å²) in [5.41, 5.74) is 1.16. The molecule has 1 saturated heterocycles. The first-order chi connectivity index (χ1) is 7.69. The minimum absolute atomic E-state index is 0.189. The third-order valence-electron chi connectivity index (χ3n) is 2.85. The largest absolute Gasteiger partial charge is 0.497 e.